The number of allylic oxidation sites excluding steroid dienone is 2. The molecule has 74 valence electrons. The van der Waals surface area contributed by atoms with Gasteiger partial charge in [0.05, 0.1) is 6.04 Å². The Bertz CT molecular complexity index is 305. The molecule has 5 nitrogen and oxygen atoms in total. The molecule has 0 spiro atoms. The quantitative estimate of drug-likeness (QED) is 0.532. The van der Waals surface area contributed by atoms with Crippen LogP contribution in [0.15, 0.2) is 37.6 Å². The van der Waals surface area contributed by atoms with Gasteiger partial charge in [0.15, 0.2) is 0 Å². The summed E-state index contributed by atoms with van der Waals surface area (Å²) in [7, 11) is 0. The van der Waals surface area contributed by atoms with Gasteiger partial charge in [0, 0.05) is 0 Å². The zero-order valence-corrected chi connectivity index (χ0v) is 7.71. The molecule has 1 unspecified atom stereocenters. The van der Waals surface area contributed by atoms with Gasteiger partial charge in [-0.05, 0) is 12.6 Å². The Morgan fingerprint density at radius 2 is 2.21 bits per heavy atom. The van der Waals surface area contributed by atoms with Gasteiger partial charge in [-0.2, -0.15) is 0 Å². The van der Waals surface area contributed by atoms with Crippen LogP contribution in [0.4, 0.5) is 0 Å². The summed E-state index contributed by atoms with van der Waals surface area (Å²) in [5, 5.41) is 9.85. The van der Waals surface area contributed by atoms with Crippen molar-refractivity contribution in [3.05, 3.63) is 37.6 Å². The Morgan fingerprint density at radius 1 is 1.50 bits per heavy atom. The number of rotatable bonds is 6. The van der Waals surface area contributed by atoms with Crippen molar-refractivity contribution in [1.82, 2.24) is 20.1 Å². The Kier molecular flexibility index (Phi) is 4.13. The van der Waals surface area contributed by atoms with E-state index < -0.39 is 0 Å². The maximum atomic E-state index is 9.94. The first-order valence-electron chi connectivity index (χ1n) is 4.20. The summed E-state index contributed by atoms with van der Waals surface area (Å²) in [6.45, 7) is 3.72. The standard InChI is InChI=1S/C9H12N4O/c1-2-9(4-3-5-10-8-14)13-6-11-12-7-13/h2-3,5-9H,1,4H2,(H,10,14)/b5-3+. The average Bonchev–Trinajstić information content (AvgIpc) is 2.71. The zero-order chi connectivity index (χ0) is 10.2. The van der Waals surface area contributed by atoms with Crippen molar-refractivity contribution in [1.29, 1.82) is 0 Å². The van der Waals surface area contributed by atoms with Crippen molar-refractivity contribution in [2.24, 2.45) is 0 Å². The van der Waals surface area contributed by atoms with E-state index in [9.17, 15) is 4.79 Å². The molecule has 0 fully saturated rings. The van der Waals surface area contributed by atoms with Gasteiger partial charge in [-0.1, -0.05) is 12.2 Å². The summed E-state index contributed by atoms with van der Waals surface area (Å²) in [4.78, 5) is 9.94. The normalized spacial score (nSPS) is 12.6. The molecule has 0 radical (unpaired) electrons. The number of hydrogen-bond acceptors (Lipinski definition) is 3. The van der Waals surface area contributed by atoms with Crippen LogP contribution in [0.1, 0.15) is 12.5 Å². The minimum absolute atomic E-state index is 0.120. The third-order valence-electron chi connectivity index (χ3n) is 1.75. The first kappa shape index (κ1) is 10.2. The van der Waals surface area contributed by atoms with Crippen molar-refractivity contribution in [2.75, 3.05) is 0 Å². The van der Waals surface area contributed by atoms with Crippen LogP contribution < -0.4 is 5.32 Å². The van der Waals surface area contributed by atoms with Crippen LogP contribution in [0.5, 0.6) is 0 Å². The molecule has 0 bridgehead atoms. The molecule has 14 heavy (non-hydrogen) atoms. The molecule has 0 aliphatic rings. The van der Waals surface area contributed by atoms with E-state index >= 15 is 0 Å². The minimum atomic E-state index is 0.120. The number of carbonyl (C=O) groups is 1. The van der Waals surface area contributed by atoms with E-state index in [2.05, 4.69) is 22.1 Å². The molecule has 5 heteroatoms. The molecule has 0 aliphatic carbocycles. The van der Waals surface area contributed by atoms with Gasteiger partial charge in [-0.3, -0.25) is 4.79 Å². The molecular weight excluding hydrogens is 180 g/mol. The fraction of sp³-hybridized carbons (Fsp3) is 0.222. The predicted octanol–water partition coefficient (Wildman–Crippen LogP) is 0.655. The third kappa shape index (κ3) is 2.85. The minimum Gasteiger partial charge on any atom is -0.336 e. The Labute approximate surface area is 82.1 Å². The lowest BCUT2D eigenvalue weighted by molar-refractivity contribution is -0.108. The van der Waals surface area contributed by atoms with E-state index in [4.69, 9.17) is 0 Å². The average molecular weight is 192 g/mol. The van der Waals surface area contributed by atoms with Crippen molar-refractivity contribution in [2.45, 2.75) is 12.5 Å². The summed E-state index contributed by atoms with van der Waals surface area (Å²) in [5.41, 5.74) is 0. The maximum absolute atomic E-state index is 9.94. The molecule has 1 aromatic heterocycles. The molecule has 1 atom stereocenters. The van der Waals surface area contributed by atoms with Crippen molar-refractivity contribution in [3.63, 3.8) is 0 Å². The summed E-state index contributed by atoms with van der Waals surface area (Å²) < 4.78 is 1.85. The van der Waals surface area contributed by atoms with Crippen LogP contribution in [0.2, 0.25) is 0 Å². The fourth-order valence-corrected chi connectivity index (χ4v) is 1.03. The number of aromatic nitrogens is 3. The van der Waals surface area contributed by atoms with Crippen LogP contribution in [-0.4, -0.2) is 21.2 Å². The second-order valence-electron chi connectivity index (χ2n) is 2.63. The Hall–Kier alpha value is -1.91. The van der Waals surface area contributed by atoms with E-state index in [1.54, 1.807) is 24.9 Å². The summed E-state index contributed by atoms with van der Waals surface area (Å²) in [6, 6.07) is 0.120. The predicted molar refractivity (Wildman–Crippen MR) is 52.2 cm³/mol. The van der Waals surface area contributed by atoms with Crippen LogP contribution in [-0.2, 0) is 4.79 Å². The second kappa shape index (κ2) is 5.69. The van der Waals surface area contributed by atoms with E-state index in [1.807, 2.05) is 10.6 Å². The van der Waals surface area contributed by atoms with Gasteiger partial charge in [0.1, 0.15) is 12.7 Å². The molecule has 0 saturated heterocycles. The molecule has 1 N–H and O–H groups in total. The number of carbonyl (C=O) groups excluding carboxylic acids is 1. The largest absolute Gasteiger partial charge is 0.336 e. The highest BCUT2D eigenvalue weighted by molar-refractivity contribution is 5.47. The smallest absolute Gasteiger partial charge is 0.211 e. The molecular formula is C9H12N4O. The first-order chi connectivity index (χ1) is 6.88. The van der Waals surface area contributed by atoms with Gasteiger partial charge >= 0.3 is 0 Å². The lowest BCUT2D eigenvalue weighted by Crippen LogP contribution is -2.04. The first-order valence-corrected chi connectivity index (χ1v) is 4.20. The van der Waals surface area contributed by atoms with Gasteiger partial charge in [-0.25, -0.2) is 0 Å². The van der Waals surface area contributed by atoms with Crippen molar-refractivity contribution < 1.29 is 4.79 Å². The van der Waals surface area contributed by atoms with Gasteiger partial charge in [-0.15, -0.1) is 16.8 Å². The van der Waals surface area contributed by atoms with Crippen LogP contribution >= 0.6 is 0 Å². The van der Waals surface area contributed by atoms with E-state index in [1.165, 1.54) is 0 Å². The number of nitrogens with zero attached hydrogens (tertiary/aromatic N) is 3. The second-order valence-corrected chi connectivity index (χ2v) is 2.63. The third-order valence-corrected chi connectivity index (χ3v) is 1.75. The maximum Gasteiger partial charge on any atom is 0.211 e. The molecule has 0 aliphatic heterocycles. The fourth-order valence-electron chi connectivity index (χ4n) is 1.03. The van der Waals surface area contributed by atoms with Crippen molar-refractivity contribution >= 4 is 6.41 Å². The zero-order valence-electron chi connectivity index (χ0n) is 7.71. The van der Waals surface area contributed by atoms with E-state index in [0.29, 0.717) is 6.41 Å². The molecule has 0 aromatic carbocycles. The van der Waals surface area contributed by atoms with E-state index in [0.717, 1.165) is 6.42 Å². The molecule has 1 amide bonds. The highest BCUT2D eigenvalue weighted by Gasteiger charge is 2.02. The molecule has 1 aromatic rings. The highest BCUT2D eigenvalue weighted by atomic mass is 16.1. The Morgan fingerprint density at radius 3 is 2.79 bits per heavy atom. The molecule has 1 heterocycles. The summed E-state index contributed by atoms with van der Waals surface area (Å²) in [5.74, 6) is 0. The molecule has 0 saturated carbocycles. The van der Waals surface area contributed by atoms with E-state index in [-0.39, 0.29) is 6.04 Å². The lowest BCUT2D eigenvalue weighted by atomic mass is 10.2. The number of amides is 1. The van der Waals surface area contributed by atoms with Crippen molar-refractivity contribution in [3.8, 4) is 0 Å². The van der Waals surface area contributed by atoms with Gasteiger partial charge in [0.2, 0.25) is 6.41 Å². The van der Waals surface area contributed by atoms with Gasteiger partial charge in [0.25, 0.3) is 0 Å². The van der Waals surface area contributed by atoms with Gasteiger partial charge < -0.3 is 9.88 Å². The monoisotopic (exact) mass is 192 g/mol. The lowest BCUT2D eigenvalue weighted by Gasteiger charge is -2.09. The van der Waals surface area contributed by atoms with Crippen LogP contribution in [0.3, 0.4) is 0 Å². The topological polar surface area (TPSA) is 59.8 Å². The summed E-state index contributed by atoms with van der Waals surface area (Å²) in [6.07, 6.45) is 9.87. The Balaban J connectivity index is 2.48. The van der Waals surface area contributed by atoms with Crippen LogP contribution in [0.25, 0.3) is 0 Å². The molecule has 1 rings (SSSR count). The number of nitrogens with one attached hydrogen (secondary N) is 1. The highest BCUT2D eigenvalue weighted by Crippen LogP contribution is 2.11. The van der Waals surface area contributed by atoms with Crippen LogP contribution in [0, 0.1) is 0 Å². The SMILES string of the molecule is C=CC(C/C=C/NC=O)n1cnnc1. The number of hydrogen-bond donors (Lipinski definition) is 1. The summed E-state index contributed by atoms with van der Waals surface area (Å²) >= 11 is 0.